The Hall–Kier alpha value is -1.43. The van der Waals surface area contributed by atoms with Gasteiger partial charge < -0.3 is 9.42 Å². The maximum absolute atomic E-state index is 12.4. The molecule has 116 valence electrons. The molecule has 0 aliphatic carbocycles. The molecule has 0 spiro atoms. The first-order valence-corrected chi connectivity index (χ1v) is 7.97. The molecule has 2 aliphatic heterocycles. The normalized spacial score (nSPS) is 23.4. The number of hydrogen-bond acceptors (Lipinski definition) is 5. The van der Waals surface area contributed by atoms with Gasteiger partial charge in [-0.25, -0.2) is 0 Å². The van der Waals surface area contributed by atoms with Gasteiger partial charge in [-0.2, -0.15) is 4.98 Å². The van der Waals surface area contributed by atoms with E-state index >= 15 is 0 Å². The number of nitrogens with zero attached hydrogens (tertiary/aromatic N) is 4. The van der Waals surface area contributed by atoms with Gasteiger partial charge >= 0.3 is 0 Å². The Morgan fingerprint density at radius 3 is 2.76 bits per heavy atom. The van der Waals surface area contributed by atoms with Gasteiger partial charge in [0.25, 0.3) is 0 Å². The summed E-state index contributed by atoms with van der Waals surface area (Å²) in [6.07, 6.45) is 3.25. The Morgan fingerprint density at radius 1 is 1.33 bits per heavy atom. The molecule has 2 aliphatic rings. The summed E-state index contributed by atoms with van der Waals surface area (Å²) in [6.45, 7) is 8.39. The van der Waals surface area contributed by atoms with Crippen LogP contribution in [0.4, 0.5) is 0 Å². The summed E-state index contributed by atoms with van der Waals surface area (Å²) in [6, 6.07) is 0. The highest BCUT2D eigenvalue weighted by Gasteiger charge is 2.32. The van der Waals surface area contributed by atoms with Crippen molar-refractivity contribution in [3.05, 3.63) is 11.7 Å². The van der Waals surface area contributed by atoms with Gasteiger partial charge in [0, 0.05) is 25.6 Å². The first-order valence-electron chi connectivity index (χ1n) is 7.97. The van der Waals surface area contributed by atoms with Crippen LogP contribution in [-0.4, -0.2) is 52.0 Å². The molecule has 6 heteroatoms. The highest BCUT2D eigenvalue weighted by molar-refractivity contribution is 5.79. The molecular formula is C15H24N4O2. The molecule has 1 atom stereocenters. The molecule has 0 saturated carbocycles. The number of likely N-dealkylation sites (tertiary alicyclic amines) is 2. The summed E-state index contributed by atoms with van der Waals surface area (Å²) in [5.41, 5.74) is 0. The van der Waals surface area contributed by atoms with Gasteiger partial charge in [-0.3, -0.25) is 9.69 Å². The fourth-order valence-electron chi connectivity index (χ4n) is 3.13. The van der Waals surface area contributed by atoms with E-state index in [-0.39, 0.29) is 11.8 Å². The van der Waals surface area contributed by atoms with Gasteiger partial charge in [0.15, 0.2) is 5.82 Å². The van der Waals surface area contributed by atoms with Crippen molar-refractivity contribution in [2.24, 2.45) is 5.92 Å². The van der Waals surface area contributed by atoms with Crippen LogP contribution in [0.2, 0.25) is 0 Å². The van der Waals surface area contributed by atoms with Crippen molar-refractivity contribution < 1.29 is 9.32 Å². The van der Waals surface area contributed by atoms with Crippen LogP contribution in [-0.2, 0) is 11.3 Å². The second-order valence-electron chi connectivity index (χ2n) is 6.45. The van der Waals surface area contributed by atoms with E-state index < -0.39 is 0 Å². The predicted octanol–water partition coefficient (Wildman–Crippen LogP) is 1.64. The van der Waals surface area contributed by atoms with Crippen molar-refractivity contribution in [1.29, 1.82) is 0 Å². The third kappa shape index (κ3) is 3.26. The standard InChI is InChI=1S/C15H24N4O2/c1-11(2)14-16-13(21-17-14)10-18-8-5-12(9-18)15(20)19-6-3-4-7-19/h11-12H,3-10H2,1-2H3. The highest BCUT2D eigenvalue weighted by Crippen LogP contribution is 2.22. The average Bonchev–Trinajstić information content (AvgIpc) is 3.20. The van der Waals surface area contributed by atoms with Gasteiger partial charge in [0.05, 0.1) is 12.5 Å². The fraction of sp³-hybridized carbons (Fsp3) is 0.800. The van der Waals surface area contributed by atoms with E-state index in [0.717, 1.165) is 51.3 Å². The van der Waals surface area contributed by atoms with E-state index in [9.17, 15) is 4.79 Å². The second kappa shape index (κ2) is 6.13. The van der Waals surface area contributed by atoms with Crippen LogP contribution < -0.4 is 0 Å². The van der Waals surface area contributed by atoms with E-state index in [2.05, 4.69) is 28.9 Å². The molecular weight excluding hydrogens is 268 g/mol. The van der Waals surface area contributed by atoms with E-state index in [1.54, 1.807) is 0 Å². The maximum atomic E-state index is 12.4. The number of amides is 1. The van der Waals surface area contributed by atoms with Crippen LogP contribution in [0.25, 0.3) is 0 Å². The van der Waals surface area contributed by atoms with Gasteiger partial charge in [-0.15, -0.1) is 0 Å². The van der Waals surface area contributed by atoms with Crippen LogP contribution in [0.1, 0.15) is 50.7 Å². The molecule has 6 nitrogen and oxygen atoms in total. The first-order chi connectivity index (χ1) is 10.1. The Morgan fingerprint density at radius 2 is 2.10 bits per heavy atom. The smallest absolute Gasteiger partial charge is 0.240 e. The zero-order valence-corrected chi connectivity index (χ0v) is 12.9. The summed E-state index contributed by atoms with van der Waals surface area (Å²) in [4.78, 5) is 21.1. The van der Waals surface area contributed by atoms with Crippen LogP contribution >= 0.6 is 0 Å². The average molecular weight is 292 g/mol. The number of carbonyl (C=O) groups excluding carboxylic acids is 1. The second-order valence-corrected chi connectivity index (χ2v) is 6.45. The molecule has 1 unspecified atom stereocenters. The van der Waals surface area contributed by atoms with Gasteiger partial charge in [0.1, 0.15) is 0 Å². The third-order valence-electron chi connectivity index (χ3n) is 4.40. The molecule has 0 aromatic carbocycles. The van der Waals surface area contributed by atoms with Crippen molar-refractivity contribution in [2.75, 3.05) is 26.2 Å². The van der Waals surface area contributed by atoms with Crippen molar-refractivity contribution in [3.63, 3.8) is 0 Å². The van der Waals surface area contributed by atoms with E-state index in [4.69, 9.17) is 4.52 Å². The van der Waals surface area contributed by atoms with E-state index in [1.807, 2.05) is 4.90 Å². The minimum absolute atomic E-state index is 0.149. The van der Waals surface area contributed by atoms with Crippen molar-refractivity contribution >= 4 is 5.91 Å². The molecule has 0 radical (unpaired) electrons. The predicted molar refractivity (Wildman–Crippen MR) is 77.6 cm³/mol. The van der Waals surface area contributed by atoms with Crippen molar-refractivity contribution in [2.45, 2.75) is 45.6 Å². The molecule has 1 aromatic rings. The topological polar surface area (TPSA) is 62.5 Å². The Bertz CT molecular complexity index is 494. The number of hydrogen-bond donors (Lipinski definition) is 0. The Labute approximate surface area is 125 Å². The summed E-state index contributed by atoms with van der Waals surface area (Å²) < 4.78 is 5.29. The quantitative estimate of drug-likeness (QED) is 0.844. The largest absolute Gasteiger partial charge is 0.342 e. The van der Waals surface area contributed by atoms with Crippen LogP contribution in [0.15, 0.2) is 4.52 Å². The number of aromatic nitrogens is 2. The lowest BCUT2D eigenvalue weighted by molar-refractivity contribution is -0.134. The first kappa shape index (κ1) is 14.5. The van der Waals surface area contributed by atoms with Crippen LogP contribution in [0.3, 0.4) is 0 Å². The molecule has 2 saturated heterocycles. The molecule has 0 N–H and O–H groups in total. The Kier molecular flexibility index (Phi) is 4.24. The minimum atomic E-state index is 0.149. The van der Waals surface area contributed by atoms with Gasteiger partial charge in [0.2, 0.25) is 11.8 Å². The number of carbonyl (C=O) groups is 1. The molecule has 1 amide bonds. The SMILES string of the molecule is CC(C)c1noc(CN2CCC(C(=O)N3CCCC3)C2)n1. The minimum Gasteiger partial charge on any atom is -0.342 e. The lowest BCUT2D eigenvalue weighted by Crippen LogP contribution is -2.35. The molecule has 1 aromatic heterocycles. The summed E-state index contributed by atoms with van der Waals surface area (Å²) in [5.74, 6) is 2.19. The summed E-state index contributed by atoms with van der Waals surface area (Å²) in [5, 5.41) is 3.99. The fourth-order valence-corrected chi connectivity index (χ4v) is 3.13. The van der Waals surface area contributed by atoms with Crippen molar-refractivity contribution in [1.82, 2.24) is 19.9 Å². The highest BCUT2D eigenvalue weighted by atomic mass is 16.5. The van der Waals surface area contributed by atoms with Gasteiger partial charge in [-0.05, 0) is 25.8 Å². The molecule has 3 heterocycles. The summed E-state index contributed by atoms with van der Waals surface area (Å²) in [7, 11) is 0. The zero-order chi connectivity index (χ0) is 14.8. The maximum Gasteiger partial charge on any atom is 0.240 e. The lowest BCUT2D eigenvalue weighted by atomic mass is 10.1. The van der Waals surface area contributed by atoms with Crippen molar-refractivity contribution in [3.8, 4) is 0 Å². The Balaban J connectivity index is 1.53. The molecule has 3 rings (SSSR count). The zero-order valence-electron chi connectivity index (χ0n) is 12.9. The summed E-state index contributed by atoms with van der Waals surface area (Å²) >= 11 is 0. The van der Waals surface area contributed by atoms with Crippen LogP contribution in [0.5, 0.6) is 0 Å². The van der Waals surface area contributed by atoms with E-state index in [0.29, 0.717) is 18.3 Å². The lowest BCUT2D eigenvalue weighted by Gasteiger charge is -2.20. The van der Waals surface area contributed by atoms with Crippen LogP contribution in [0, 0.1) is 5.92 Å². The molecule has 2 fully saturated rings. The third-order valence-corrected chi connectivity index (χ3v) is 4.40. The monoisotopic (exact) mass is 292 g/mol. The van der Waals surface area contributed by atoms with E-state index in [1.165, 1.54) is 0 Å². The number of rotatable bonds is 4. The van der Waals surface area contributed by atoms with Gasteiger partial charge in [-0.1, -0.05) is 19.0 Å². The molecule has 0 bridgehead atoms. The molecule has 21 heavy (non-hydrogen) atoms.